The lowest BCUT2D eigenvalue weighted by Gasteiger charge is -2.26. The van der Waals surface area contributed by atoms with Crippen LogP contribution in [0.15, 0.2) is 42.5 Å². The number of aryl methyl sites for hydroxylation is 1. The Morgan fingerprint density at radius 3 is 2.36 bits per heavy atom. The number of likely N-dealkylation sites (tertiary alicyclic amines) is 1. The standard InChI is InChI=1S/C23H28N2O3/c1-3-28-23(27)20-10-7-17(2)21(15-20)24-22(26)19-11-8-18(9-12-19)16-25-13-5-4-6-14-25/h7-12,15H,3-6,13-14,16H2,1-2H3,(H,24,26). The molecule has 3 rings (SSSR count). The summed E-state index contributed by atoms with van der Waals surface area (Å²) < 4.78 is 5.03. The largest absolute Gasteiger partial charge is 0.462 e. The summed E-state index contributed by atoms with van der Waals surface area (Å²) in [6.45, 7) is 7.22. The van der Waals surface area contributed by atoms with Gasteiger partial charge >= 0.3 is 5.97 Å². The second-order valence-electron chi connectivity index (χ2n) is 7.24. The fourth-order valence-electron chi connectivity index (χ4n) is 3.43. The van der Waals surface area contributed by atoms with Gasteiger partial charge in [0.1, 0.15) is 0 Å². The van der Waals surface area contributed by atoms with Crippen LogP contribution in [0, 0.1) is 6.92 Å². The van der Waals surface area contributed by atoms with Crippen molar-refractivity contribution in [2.24, 2.45) is 0 Å². The molecule has 28 heavy (non-hydrogen) atoms. The Kier molecular flexibility index (Phi) is 6.82. The number of nitrogens with one attached hydrogen (secondary N) is 1. The average Bonchev–Trinajstić information content (AvgIpc) is 2.71. The lowest BCUT2D eigenvalue weighted by molar-refractivity contribution is 0.0526. The SMILES string of the molecule is CCOC(=O)c1ccc(C)c(NC(=O)c2ccc(CN3CCCCC3)cc2)c1. The van der Waals surface area contributed by atoms with Crippen molar-refractivity contribution < 1.29 is 14.3 Å². The minimum Gasteiger partial charge on any atom is -0.462 e. The monoisotopic (exact) mass is 380 g/mol. The van der Waals surface area contributed by atoms with Gasteiger partial charge in [-0.15, -0.1) is 0 Å². The second-order valence-corrected chi connectivity index (χ2v) is 7.24. The van der Waals surface area contributed by atoms with Gasteiger partial charge in [-0.05, 0) is 75.2 Å². The molecule has 0 bridgehead atoms. The van der Waals surface area contributed by atoms with Gasteiger partial charge in [0.2, 0.25) is 0 Å². The Morgan fingerprint density at radius 2 is 1.68 bits per heavy atom. The van der Waals surface area contributed by atoms with Gasteiger partial charge in [-0.1, -0.05) is 24.6 Å². The molecule has 0 aliphatic carbocycles. The number of rotatable bonds is 6. The number of anilines is 1. The predicted octanol–water partition coefficient (Wildman–Crippen LogP) is 4.41. The van der Waals surface area contributed by atoms with Crippen molar-refractivity contribution in [3.8, 4) is 0 Å². The maximum atomic E-state index is 12.6. The van der Waals surface area contributed by atoms with Gasteiger partial charge in [0.25, 0.3) is 5.91 Å². The highest BCUT2D eigenvalue weighted by atomic mass is 16.5. The van der Waals surface area contributed by atoms with Crippen LogP contribution in [0.1, 0.15) is 58.0 Å². The van der Waals surface area contributed by atoms with E-state index in [0.29, 0.717) is 23.4 Å². The first-order valence-corrected chi connectivity index (χ1v) is 9.97. The van der Waals surface area contributed by atoms with E-state index in [9.17, 15) is 9.59 Å². The molecule has 5 nitrogen and oxygen atoms in total. The van der Waals surface area contributed by atoms with Crippen LogP contribution in [-0.4, -0.2) is 36.5 Å². The van der Waals surface area contributed by atoms with Crippen LogP contribution in [0.4, 0.5) is 5.69 Å². The summed E-state index contributed by atoms with van der Waals surface area (Å²) in [6.07, 6.45) is 3.86. The molecule has 148 valence electrons. The van der Waals surface area contributed by atoms with Crippen LogP contribution >= 0.6 is 0 Å². The smallest absolute Gasteiger partial charge is 0.338 e. The average molecular weight is 380 g/mol. The highest BCUT2D eigenvalue weighted by Crippen LogP contribution is 2.19. The molecule has 2 aromatic rings. The molecule has 1 amide bonds. The minimum atomic E-state index is -0.389. The Balaban J connectivity index is 1.65. The van der Waals surface area contributed by atoms with Gasteiger partial charge in [0.05, 0.1) is 12.2 Å². The molecule has 5 heteroatoms. The topological polar surface area (TPSA) is 58.6 Å². The van der Waals surface area contributed by atoms with Crippen molar-refractivity contribution in [2.75, 3.05) is 25.0 Å². The number of carbonyl (C=O) groups excluding carboxylic acids is 2. The van der Waals surface area contributed by atoms with Crippen molar-refractivity contribution in [3.05, 3.63) is 64.7 Å². The van der Waals surface area contributed by atoms with Gasteiger partial charge in [0.15, 0.2) is 0 Å². The molecule has 0 atom stereocenters. The van der Waals surface area contributed by atoms with Gasteiger partial charge in [-0.3, -0.25) is 9.69 Å². The van der Waals surface area contributed by atoms with E-state index >= 15 is 0 Å². The first-order valence-electron chi connectivity index (χ1n) is 9.97. The quantitative estimate of drug-likeness (QED) is 0.754. The van der Waals surface area contributed by atoms with Crippen molar-refractivity contribution in [1.82, 2.24) is 4.90 Å². The van der Waals surface area contributed by atoms with Crippen LogP contribution < -0.4 is 5.32 Å². The fraction of sp³-hybridized carbons (Fsp3) is 0.391. The Labute approximate surface area is 166 Å². The predicted molar refractivity (Wildman–Crippen MR) is 111 cm³/mol. The van der Waals surface area contributed by atoms with E-state index in [1.807, 2.05) is 37.3 Å². The minimum absolute atomic E-state index is 0.186. The molecule has 1 saturated heterocycles. The maximum absolute atomic E-state index is 12.6. The molecule has 1 fully saturated rings. The summed E-state index contributed by atoms with van der Waals surface area (Å²) in [5, 5.41) is 2.91. The number of amides is 1. The van der Waals surface area contributed by atoms with Crippen LogP contribution in [-0.2, 0) is 11.3 Å². The molecule has 0 radical (unpaired) electrons. The second kappa shape index (κ2) is 9.51. The fourth-order valence-corrected chi connectivity index (χ4v) is 3.43. The summed E-state index contributed by atoms with van der Waals surface area (Å²) in [6, 6.07) is 12.9. The van der Waals surface area contributed by atoms with Crippen molar-refractivity contribution in [2.45, 2.75) is 39.7 Å². The zero-order valence-electron chi connectivity index (χ0n) is 16.7. The molecule has 1 aliphatic heterocycles. The summed E-state index contributed by atoms with van der Waals surface area (Å²) in [7, 11) is 0. The number of ether oxygens (including phenoxy) is 1. The third-order valence-corrected chi connectivity index (χ3v) is 5.07. The molecule has 1 aliphatic rings. The van der Waals surface area contributed by atoms with Crippen LogP contribution in [0.2, 0.25) is 0 Å². The number of hydrogen-bond donors (Lipinski definition) is 1. The van der Waals surface area contributed by atoms with Crippen LogP contribution in [0.25, 0.3) is 0 Å². The van der Waals surface area contributed by atoms with E-state index in [4.69, 9.17) is 4.74 Å². The molecule has 0 unspecified atom stereocenters. The van der Waals surface area contributed by atoms with Gasteiger partial charge < -0.3 is 10.1 Å². The van der Waals surface area contributed by atoms with E-state index < -0.39 is 0 Å². The number of nitrogens with zero attached hydrogens (tertiary/aromatic N) is 1. The third kappa shape index (κ3) is 5.20. The molecular formula is C23H28N2O3. The number of carbonyl (C=O) groups is 2. The first-order chi connectivity index (χ1) is 13.6. The summed E-state index contributed by atoms with van der Waals surface area (Å²) >= 11 is 0. The number of esters is 1. The highest BCUT2D eigenvalue weighted by molar-refractivity contribution is 6.05. The van der Waals surface area contributed by atoms with Crippen molar-refractivity contribution in [3.63, 3.8) is 0 Å². The van der Waals surface area contributed by atoms with Gasteiger partial charge in [0, 0.05) is 17.8 Å². The molecule has 0 spiro atoms. The van der Waals surface area contributed by atoms with Crippen molar-refractivity contribution >= 4 is 17.6 Å². The lowest BCUT2D eigenvalue weighted by atomic mass is 10.1. The number of piperidine rings is 1. The van der Waals surface area contributed by atoms with E-state index in [1.54, 1.807) is 19.1 Å². The Morgan fingerprint density at radius 1 is 1.00 bits per heavy atom. The Bertz CT molecular complexity index is 824. The van der Waals surface area contributed by atoms with Crippen molar-refractivity contribution in [1.29, 1.82) is 0 Å². The van der Waals surface area contributed by atoms with Gasteiger partial charge in [-0.25, -0.2) is 4.79 Å². The lowest BCUT2D eigenvalue weighted by Crippen LogP contribution is -2.29. The normalized spacial score (nSPS) is 14.5. The van der Waals surface area contributed by atoms with E-state index in [2.05, 4.69) is 10.2 Å². The Hall–Kier alpha value is -2.66. The maximum Gasteiger partial charge on any atom is 0.338 e. The van der Waals surface area contributed by atoms with E-state index in [-0.39, 0.29) is 11.9 Å². The third-order valence-electron chi connectivity index (χ3n) is 5.07. The van der Waals surface area contributed by atoms with Crippen LogP contribution in [0.5, 0.6) is 0 Å². The molecule has 1 N–H and O–H groups in total. The van der Waals surface area contributed by atoms with E-state index in [0.717, 1.165) is 25.2 Å². The molecule has 1 heterocycles. The molecule has 2 aromatic carbocycles. The first kappa shape index (κ1) is 20.1. The summed E-state index contributed by atoms with van der Waals surface area (Å²) in [5.74, 6) is -0.575. The zero-order chi connectivity index (χ0) is 19.9. The zero-order valence-corrected chi connectivity index (χ0v) is 16.7. The number of benzene rings is 2. The van der Waals surface area contributed by atoms with E-state index in [1.165, 1.54) is 24.8 Å². The molecule has 0 aromatic heterocycles. The number of hydrogen-bond acceptors (Lipinski definition) is 4. The summed E-state index contributed by atoms with van der Waals surface area (Å²) in [4.78, 5) is 27.0. The van der Waals surface area contributed by atoms with Gasteiger partial charge in [-0.2, -0.15) is 0 Å². The molecular weight excluding hydrogens is 352 g/mol. The molecule has 0 saturated carbocycles. The summed E-state index contributed by atoms with van der Waals surface area (Å²) in [5.41, 5.74) is 3.76. The highest BCUT2D eigenvalue weighted by Gasteiger charge is 2.13. The van der Waals surface area contributed by atoms with Crippen LogP contribution in [0.3, 0.4) is 0 Å².